The molecule has 1 atom stereocenters. The van der Waals surface area contributed by atoms with E-state index in [0.717, 1.165) is 0 Å². The van der Waals surface area contributed by atoms with E-state index in [-0.39, 0.29) is 12.6 Å². The van der Waals surface area contributed by atoms with Crippen molar-refractivity contribution in [2.24, 2.45) is 0 Å². The first-order chi connectivity index (χ1) is 6.40. The van der Waals surface area contributed by atoms with Crippen molar-refractivity contribution in [1.82, 2.24) is 5.32 Å². The Morgan fingerprint density at radius 1 is 1.31 bits per heavy atom. The summed E-state index contributed by atoms with van der Waals surface area (Å²) in [6.07, 6.45) is 2.51. The van der Waals surface area contributed by atoms with E-state index in [9.17, 15) is 5.11 Å². The molecule has 2 nitrogen and oxygen atoms in total. The molecule has 2 heteroatoms. The number of rotatable bonds is 4. The summed E-state index contributed by atoms with van der Waals surface area (Å²) in [5, 5.41) is 12.6. The van der Waals surface area contributed by atoms with Gasteiger partial charge < -0.3 is 10.4 Å². The first kappa shape index (κ1) is 8.73. The molecule has 2 N–H and O–H groups in total. The monoisotopic (exact) mass is 177 g/mol. The Balaban J connectivity index is 2.02. The fourth-order valence-corrected chi connectivity index (χ4v) is 1.47. The molecule has 1 saturated carbocycles. The second-order valence-corrected chi connectivity index (χ2v) is 3.59. The molecule has 1 aliphatic carbocycles. The summed E-state index contributed by atoms with van der Waals surface area (Å²) in [5.74, 6) is 0. The van der Waals surface area contributed by atoms with Gasteiger partial charge in [0.1, 0.15) is 0 Å². The van der Waals surface area contributed by atoms with Crippen LogP contribution in [0.15, 0.2) is 30.3 Å². The summed E-state index contributed by atoms with van der Waals surface area (Å²) in [6, 6.07) is 10.9. The summed E-state index contributed by atoms with van der Waals surface area (Å²) in [4.78, 5) is 0. The van der Waals surface area contributed by atoms with Gasteiger partial charge in [-0.05, 0) is 18.4 Å². The second-order valence-electron chi connectivity index (χ2n) is 3.59. The van der Waals surface area contributed by atoms with E-state index in [0.29, 0.717) is 6.04 Å². The molecule has 0 spiro atoms. The number of aliphatic hydroxyl groups is 1. The summed E-state index contributed by atoms with van der Waals surface area (Å²) < 4.78 is 0. The van der Waals surface area contributed by atoms with Crippen molar-refractivity contribution >= 4 is 0 Å². The average molecular weight is 177 g/mol. The largest absolute Gasteiger partial charge is 0.394 e. The van der Waals surface area contributed by atoms with Crippen LogP contribution >= 0.6 is 0 Å². The van der Waals surface area contributed by atoms with Crippen LogP contribution in [0, 0.1) is 0 Å². The SMILES string of the molecule is OC[C@@H](NC1CC1)c1ccccc1. The van der Waals surface area contributed by atoms with Crippen LogP contribution in [0.5, 0.6) is 0 Å². The quantitative estimate of drug-likeness (QED) is 0.730. The number of benzene rings is 1. The molecular formula is C11H15NO. The Morgan fingerprint density at radius 2 is 2.00 bits per heavy atom. The van der Waals surface area contributed by atoms with Crippen LogP contribution in [0.1, 0.15) is 24.4 Å². The van der Waals surface area contributed by atoms with E-state index in [1.807, 2.05) is 18.2 Å². The van der Waals surface area contributed by atoms with Crippen LogP contribution < -0.4 is 5.32 Å². The lowest BCUT2D eigenvalue weighted by Crippen LogP contribution is -2.26. The van der Waals surface area contributed by atoms with Gasteiger partial charge in [0, 0.05) is 6.04 Å². The maximum Gasteiger partial charge on any atom is 0.0626 e. The van der Waals surface area contributed by atoms with E-state index in [2.05, 4.69) is 17.4 Å². The standard InChI is InChI=1S/C11H15NO/c13-8-11(12-10-6-7-10)9-4-2-1-3-5-9/h1-5,10-13H,6-8H2/t11-/m1/s1. The molecule has 1 aromatic rings. The van der Waals surface area contributed by atoms with Gasteiger partial charge in [-0.2, -0.15) is 0 Å². The van der Waals surface area contributed by atoms with Crippen molar-refractivity contribution in [2.75, 3.05) is 6.61 Å². The molecule has 0 bridgehead atoms. The Bertz CT molecular complexity index is 256. The zero-order valence-corrected chi connectivity index (χ0v) is 7.61. The number of nitrogens with one attached hydrogen (secondary N) is 1. The molecule has 1 aromatic carbocycles. The smallest absolute Gasteiger partial charge is 0.0626 e. The third-order valence-electron chi connectivity index (χ3n) is 2.40. The third-order valence-corrected chi connectivity index (χ3v) is 2.40. The molecule has 0 aliphatic heterocycles. The van der Waals surface area contributed by atoms with E-state index < -0.39 is 0 Å². The summed E-state index contributed by atoms with van der Waals surface area (Å²) in [5.41, 5.74) is 1.18. The molecule has 0 amide bonds. The highest BCUT2D eigenvalue weighted by molar-refractivity contribution is 5.19. The summed E-state index contributed by atoms with van der Waals surface area (Å²) in [7, 11) is 0. The van der Waals surface area contributed by atoms with E-state index in [1.165, 1.54) is 18.4 Å². The van der Waals surface area contributed by atoms with E-state index in [1.54, 1.807) is 0 Å². The van der Waals surface area contributed by atoms with Crippen LogP contribution in [-0.2, 0) is 0 Å². The van der Waals surface area contributed by atoms with Gasteiger partial charge >= 0.3 is 0 Å². The molecule has 2 rings (SSSR count). The van der Waals surface area contributed by atoms with Gasteiger partial charge in [0.25, 0.3) is 0 Å². The van der Waals surface area contributed by atoms with Gasteiger partial charge in [-0.1, -0.05) is 30.3 Å². The first-order valence-corrected chi connectivity index (χ1v) is 4.82. The molecule has 1 fully saturated rings. The fraction of sp³-hybridized carbons (Fsp3) is 0.455. The zero-order valence-electron chi connectivity index (χ0n) is 7.61. The zero-order chi connectivity index (χ0) is 9.10. The number of hydrogen-bond donors (Lipinski definition) is 2. The van der Waals surface area contributed by atoms with Gasteiger partial charge in [0.15, 0.2) is 0 Å². The first-order valence-electron chi connectivity index (χ1n) is 4.82. The van der Waals surface area contributed by atoms with Crippen molar-refractivity contribution in [1.29, 1.82) is 0 Å². The van der Waals surface area contributed by atoms with Crippen molar-refractivity contribution < 1.29 is 5.11 Å². The third kappa shape index (κ3) is 2.29. The minimum absolute atomic E-state index is 0.119. The number of aliphatic hydroxyl groups excluding tert-OH is 1. The van der Waals surface area contributed by atoms with Crippen LogP contribution in [0.2, 0.25) is 0 Å². The van der Waals surface area contributed by atoms with Gasteiger partial charge in [-0.15, -0.1) is 0 Å². The topological polar surface area (TPSA) is 32.3 Å². The van der Waals surface area contributed by atoms with E-state index in [4.69, 9.17) is 0 Å². The molecule has 0 saturated heterocycles. The van der Waals surface area contributed by atoms with Gasteiger partial charge in [0.2, 0.25) is 0 Å². The van der Waals surface area contributed by atoms with E-state index >= 15 is 0 Å². The Labute approximate surface area is 78.6 Å². The normalized spacial score (nSPS) is 18.5. The van der Waals surface area contributed by atoms with Crippen molar-refractivity contribution in [3.05, 3.63) is 35.9 Å². The highest BCUT2D eigenvalue weighted by atomic mass is 16.3. The summed E-state index contributed by atoms with van der Waals surface area (Å²) >= 11 is 0. The molecule has 0 radical (unpaired) electrons. The highest BCUT2D eigenvalue weighted by Gasteiger charge is 2.24. The fourth-order valence-electron chi connectivity index (χ4n) is 1.47. The maximum atomic E-state index is 9.19. The molecule has 0 aromatic heterocycles. The maximum absolute atomic E-state index is 9.19. The average Bonchev–Trinajstić information content (AvgIpc) is 2.99. The van der Waals surface area contributed by atoms with Crippen LogP contribution in [0.3, 0.4) is 0 Å². The predicted molar refractivity (Wildman–Crippen MR) is 52.4 cm³/mol. The second kappa shape index (κ2) is 3.90. The lowest BCUT2D eigenvalue weighted by atomic mass is 10.1. The molecule has 0 unspecified atom stereocenters. The Kier molecular flexibility index (Phi) is 2.62. The van der Waals surface area contributed by atoms with Crippen LogP contribution in [0.4, 0.5) is 0 Å². The lowest BCUT2D eigenvalue weighted by Gasteiger charge is -2.15. The van der Waals surface area contributed by atoms with Gasteiger partial charge in [-0.25, -0.2) is 0 Å². The molecular weight excluding hydrogens is 162 g/mol. The molecule has 1 aliphatic rings. The minimum Gasteiger partial charge on any atom is -0.394 e. The van der Waals surface area contributed by atoms with Crippen molar-refractivity contribution in [2.45, 2.75) is 24.9 Å². The molecule has 70 valence electrons. The Morgan fingerprint density at radius 3 is 2.54 bits per heavy atom. The lowest BCUT2D eigenvalue weighted by molar-refractivity contribution is 0.243. The predicted octanol–water partition coefficient (Wildman–Crippen LogP) is 1.47. The molecule has 0 heterocycles. The van der Waals surface area contributed by atoms with Crippen molar-refractivity contribution in [3.63, 3.8) is 0 Å². The Hall–Kier alpha value is -0.860. The molecule has 13 heavy (non-hydrogen) atoms. The van der Waals surface area contributed by atoms with Gasteiger partial charge in [-0.3, -0.25) is 0 Å². The van der Waals surface area contributed by atoms with Crippen LogP contribution in [0.25, 0.3) is 0 Å². The summed E-state index contributed by atoms with van der Waals surface area (Å²) in [6.45, 7) is 0.181. The highest BCUT2D eigenvalue weighted by Crippen LogP contribution is 2.23. The van der Waals surface area contributed by atoms with Gasteiger partial charge in [0.05, 0.1) is 12.6 Å². The van der Waals surface area contributed by atoms with Crippen LogP contribution in [-0.4, -0.2) is 17.8 Å². The van der Waals surface area contributed by atoms with Crippen molar-refractivity contribution in [3.8, 4) is 0 Å². The number of hydrogen-bond acceptors (Lipinski definition) is 2. The minimum atomic E-state index is 0.119.